The second-order valence-corrected chi connectivity index (χ2v) is 12.0. The molecule has 0 aliphatic carbocycles. The zero-order valence-corrected chi connectivity index (χ0v) is 26.5. The van der Waals surface area contributed by atoms with Crippen molar-refractivity contribution >= 4 is 17.6 Å². The topological polar surface area (TPSA) is 88.5 Å². The van der Waals surface area contributed by atoms with Gasteiger partial charge in [0.05, 0.1) is 19.6 Å². The lowest BCUT2D eigenvalue weighted by atomic mass is 9.83. The third kappa shape index (κ3) is 6.93. The van der Waals surface area contributed by atoms with Gasteiger partial charge in [0.15, 0.2) is 11.5 Å². The van der Waals surface area contributed by atoms with Gasteiger partial charge in [-0.1, -0.05) is 51.0 Å². The summed E-state index contributed by atoms with van der Waals surface area (Å²) in [6, 6.07) is 17.4. The van der Waals surface area contributed by atoms with Gasteiger partial charge in [0.25, 0.3) is 0 Å². The number of likely N-dealkylation sites (tertiary alicyclic amines) is 1. The van der Waals surface area contributed by atoms with Crippen molar-refractivity contribution < 1.29 is 33.3 Å². The molecular formula is C36H43FN2O6. The highest BCUT2D eigenvalue weighted by molar-refractivity contribution is 5.95. The van der Waals surface area contributed by atoms with Crippen LogP contribution in [0.5, 0.6) is 17.2 Å². The number of methoxy groups -OCH3 is 1. The Balaban J connectivity index is 1.54. The minimum absolute atomic E-state index is 0.0188. The molecule has 5 rings (SSSR count). The maximum atomic E-state index is 14.5. The zero-order valence-electron chi connectivity index (χ0n) is 26.5. The van der Waals surface area contributed by atoms with Crippen LogP contribution in [-0.4, -0.2) is 61.0 Å². The molecule has 3 aromatic rings. The standard InChI is InChI=1S/C36H43FN2O6/c1-5-9-26(10-6-2)39(27-14-15-29(37)23(3)17-27)34(40)21-38-20-28(24-13-16-32-33(19-24)45-22-44-32)35(36(41)42)30(38)18-25-11-7-8-12-31(25)43-4/h7-8,11-17,19,26,28,30,35H,5-6,9-10,18,20-22H2,1-4H3,(H,41,42)/t28-,30+,35?/m1/s1. The molecule has 45 heavy (non-hydrogen) atoms. The minimum Gasteiger partial charge on any atom is -0.496 e. The van der Waals surface area contributed by atoms with Gasteiger partial charge in [-0.3, -0.25) is 14.5 Å². The van der Waals surface area contributed by atoms with Crippen LogP contribution in [0.3, 0.4) is 0 Å². The van der Waals surface area contributed by atoms with Gasteiger partial charge in [-0.2, -0.15) is 0 Å². The summed E-state index contributed by atoms with van der Waals surface area (Å²) in [5.41, 5.74) is 2.84. The van der Waals surface area contributed by atoms with E-state index >= 15 is 0 Å². The number of carbonyl (C=O) groups is 2. The fraction of sp³-hybridized carbons (Fsp3) is 0.444. The van der Waals surface area contributed by atoms with Crippen LogP contribution >= 0.6 is 0 Å². The molecule has 0 saturated carbocycles. The van der Waals surface area contributed by atoms with Gasteiger partial charge in [-0.05, 0) is 79.3 Å². The summed E-state index contributed by atoms with van der Waals surface area (Å²) in [5, 5.41) is 10.7. The first-order chi connectivity index (χ1) is 21.7. The number of ether oxygens (including phenoxy) is 3. The van der Waals surface area contributed by atoms with Crippen LogP contribution in [0.1, 0.15) is 62.1 Å². The molecule has 8 nitrogen and oxygen atoms in total. The molecule has 1 N–H and O–H groups in total. The number of hydrogen-bond donors (Lipinski definition) is 1. The maximum absolute atomic E-state index is 14.5. The Kier molecular flexibility index (Phi) is 10.3. The summed E-state index contributed by atoms with van der Waals surface area (Å²) in [7, 11) is 1.60. The van der Waals surface area contributed by atoms with Gasteiger partial charge in [-0.25, -0.2) is 4.39 Å². The van der Waals surface area contributed by atoms with Gasteiger partial charge >= 0.3 is 5.97 Å². The second-order valence-electron chi connectivity index (χ2n) is 12.0. The minimum atomic E-state index is -0.923. The fourth-order valence-electron chi connectivity index (χ4n) is 6.98. The molecule has 1 amide bonds. The number of nitrogens with zero attached hydrogens (tertiary/aromatic N) is 2. The number of carboxylic acids is 1. The Hall–Kier alpha value is -4.11. The number of amides is 1. The molecule has 3 atom stereocenters. The fourth-order valence-corrected chi connectivity index (χ4v) is 6.98. The van der Waals surface area contributed by atoms with E-state index in [1.165, 1.54) is 6.07 Å². The van der Waals surface area contributed by atoms with Crippen LogP contribution in [0, 0.1) is 18.7 Å². The van der Waals surface area contributed by atoms with Crippen molar-refractivity contribution in [3.05, 3.63) is 83.2 Å². The number of fused-ring (bicyclic) bond motifs is 1. The Bertz CT molecular complexity index is 1510. The quantitative estimate of drug-likeness (QED) is 0.231. The van der Waals surface area contributed by atoms with Gasteiger partial charge in [0, 0.05) is 30.2 Å². The van der Waals surface area contributed by atoms with Crippen molar-refractivity contribution in [3.63, 3.8) is 0 Å². The summed E-state index contributed by atoms with van der Waals surface area (Å²) in [4.78, 5) is 31.4. The zero-order chi connectivity index (χ0) is 32.1. The van der Waals surface area contributed by atoms with Crippen molar-refractivity contribution in [2.75, 3.05) is 31.9 Å². The van der Waals surface area contributed by atoms with Crippen molar-refractivity contribution in [1.82, 2.24) is 4.90 Å². The summed E-state index contributed by atoms with van der Waals surface area (Å²) >= 11 is 0. The van der Waals surface area contributed by atoms with Crippen LogP contribution in [-0.2, 0) is 16.0 Å². The summed E-state index contributed by atoms with van der Waals surface area (Å²) in [6.45, 7) is 6.40. The van der Waals surface area contributed by atoms with E-state index in [0.717, 1.165) is 36.8 Å². The Morgan fingerprint density at radius 3 is 2.47 bits per heavy atom. The van der Waals surface area contributed by atoms with Crippen molar-refractivity contribution in [2.45, 2.75) is 70.9 Å². The number of aryl methyl sites for hydroxylation is 1. The van der Waals surface area contributed by atoms with E-state index in [1.807, 2.05) is 52.3 Å². The number of hydrogen-bond acceptors (Lipinski definition) is 6. The molecule has 0 spiro atoms. The Morgan fingerprint density at radius 1 is 1.04 bits per heavy atom. The number of carboxylic acid groups (broad SMARTS) is 1. The number of halogens is 1. The van der Waals surface area contributed by atoms with Gasteiger partial charge in [0.2, 0.25) is 12.7 Å². The normalized spacial score (nSPS) is 19.2. The highest BCUT2D eigenvalue weighted by Crippen LogP contribution is 2.43. The molecule has 0 aromatic heterocycles. The number of anilines is 1. The van der Waals surface area contributed by atoms with E-state index in [-0.39, 0.29) is 31.1 Å². The lowest BCUT2D eigenvalue weighted by Gasteiger charge is -2.35. The summed E-state index contributed by atoms with van der Waals surface area (Å²) in [5.74, 6) is -0.673. The number of benzene rings is 3. The highest BCUT2D eigenvalue weighted by atomic mass is 19.1. The number of rotatable bonds is 13. The summed E-state index contributed by atoms with van der Waals surface area (Å²) in [6.07, 6.45) is 3.78. The Labute approximate surface area is 264 Å². The van der Waals surface area contributed by atoms with Crippen molar-refractivity contribution in [3.8, 4) is 17.2 Å². The molecule has 0 radical (unpaired) electrons. The van der Waals surface area contributed by atoms with Crippen LogP contribution in [0.4, 0.5) is 10.1 Å². The third-order valence-electron chi connectivity index (χ3n) is 9.12. The number of carbonyl (C=O) groups excluding carboxylic acids is 1. The molecule has 2 aliphatic heterocycles. The van der Waals surface area contributed by atoms with Gasteiger partial charge in [-0.15, -0.1) is 0 Å². The van der Waals surface area contributed by atoms with E-state index in [0.29, 0.717) is 41.5 Å². The SMILES string of the molecule is CCCC(CCC)N(C(=O)CN1C[C@H](c2ccc3c(c2)OCO3)C(C(=O)O)[C@@H]1Cc1ccccc1OC)c1ccc(F)c(C)c1. The molecule has 1 saturated heterocycles. The van der Waals surface area contributed by atoms with E-state index in [9.17, 15) is 19.1 Å². The lowest BCUT2D eigenvalue weighted by Crippen LogP contribution is -2.48. The van der Waals surface area contributed by atoms with Crippen LogP contribution < -0.4 is 19.1 Å². The molecule has 0 bridgehead atoms. The monoisotopic (exact) mass is 618 g/mol. The van der Waals surface area contributed by atoms with E-state index in [1.54, 1.807) is 26.2 Å². The smallest absolute Gasteiger partial charge is 0.308 e. The van der Waals surface area contributed by atoms with Crippen molar-refractivity contribution in [2.24, 2.45) is 5.92 Å². The molecule has 1 unspecified atom stereocenters. The molecule has 2 aliphatic rings. The molecule has 9 heteroatoms. The molecule has 2 heterocycles. The predicted molar refractivity (Wildman–Crippen MR) is 171 cm³/mol. The summed E-state index contributed by atoms with van der Waals surface area (Å²) < 4.78 is 31.1. The average molecular weight is 619 g/mol. The van der Waals surface area contributed by atoms with Crippen LogP contribution in [0.2, 0.25) is 0 Å². The Morgan fingerprint density at radius 2 is 1.78 bits per heavy atom. The molecule has 1 fully saturated rings. The van der Waals surface area contributed by atoms with E-state index in [4.69, 9.17) is 14.2 Å². The van der Waals surface area contributed by atoms with Crippen LogP contribution in [0.25, 0.3) is 0 Å². The lowest BCUT2D eigenvalue weighted by molar-refractivity contribution is -0.143. The van der Waals surface area contributed by atoms with Crippen molar-refractivity contribution in [1.29, 1.82) is 0 Å². The molecule has 3 aromatic carbocycles. The number of aliphatic carboxylic acids is 1. The predicted octanol–water partition coefficient (Wildman–Crippen LogP) is 6.58. The first kappa shape index (κ1) is 32.3. The average Bonchev–Trinajstić information content (AvgIpc) is 3.64. The van der Waals surface area contributed by atoms with Gasteiger partial charge in [0.1, 0.15) is 11.6 Å². The molecule has 240 valence electrons. The number of para-hydroxylation sites is 1. The first-order valence-electron chi connectivity index (χ1n) is 15.8. The third-order valence-corrected chi connectivity index (χ3v) is 9.12. The van der Waals surface area contributed by atoms with E-state index in [2.05, 4.69) is 13.8 Å². The molecular weight excluding hydrogens is 575 g/mol. The maximum Gasteiger partial charge on any atom is 0.308 e. The first-order valence-corrected chi connectivity index (χ1v) is 15.8. The van der Waals surface area contributed by atoms with Crippen LogP contribution in [0.15, 0.2) is 60.7 Å². The second kappa shape index (κ2) is 14.3. The van der Waals surface area contributed by atoms with E-state index < -0.39 is 23.8 Å². The largest absolute Gasteiger partial charge is 0.496 e. The highest BCUT2D eigenvalue weighted by Gasteiger charge is 2.48. The van der Waals surface area contributed by atoms with Gasteiger partial charge < -0.3 is 24.2 Å².